The van der Waals surface area contributed by atoms with E-state index >= 15 is 0 Å². The van der Waals surface area contributed by atoms with Crippen LogP contribution < -0.4 is 0 Å². The largest absolute Gasteiger partial charge is 0.351 e. The fraction of sp³-hybridized carbons (Fsp3) is 0.444. The van der Waals surface area contributed by atoms with Crippen LogP contribution in [0.3, 0.4) is 0 Å². The molecule has 0 bridgehead atoms. The van der Waals surface area contributed by atoms with Gasteiger partial charge in [-0.1, -0.05) is 117 Å². The van der Waals surface area contributed by atoms with E-state index in [2.05, 4.69) is 94.7 Å². The van der Waals surface area contributed by atoms with Crippen molar-refractivity contribution in [1.82, 2.24) is 9.80 Å². The minimum atomic E-state index is 0.201. The summed E-state index contributed by atoms with van der Waals surface area (Å²) >= 11 is 0. The molecule has 2 fully saturated rings. The van der Waals surface area contributed by atoms with Crippen LogP contribution in [0.5, 0.6) is 0 Å². The van der Waals surface area contributed by atoms with E-state index in [0.717, 1.165) is 13.1 Å². The van der Waals surface area contributed by atoms with Crippen molar-refractivity contribution >= 4 is 11.7 Å². The zero-order valence-corrected chi connectivity index (χ0v) is 23.7. The van der Waals surface area contributed by atoms with Crippen molar-refractivity contribution in [1.29, 1.82) is 0 Å². The minimum Gasteiger partial charge on any atom is -0.351 e. The van der Waals surface area contributed by atoms with Crippen LogP contribution in [-0.4, -0.2) is 46.6 Å². The first-order valence-electron chi connectivity index (χ1n) is 15.7. The van der Waals surface area contributed by atoms with Gasteiger partial charge in [0.2, 0.25) is 0 Å². The normalized spacial score (nSPS) is 24.3. The number of hydrogen-bond acceptors (Lipinski definition) is 4. The minimum absolute atomic E-state index is 0.201. The predicted molar refractivity (Wildman–Crippen MR) is 165 cm³/mol. The Balaban J connectivity index is 1.24. The molecule has 4 aliphatic rings. The van der Waals surface area contributed by atoms with Gasteiger partial charge >= 0.3 is 0 Å². The first-order valence-corrected chi connectivity index (χ1v) is 15.7. The maximum absolute atomic E-state index is 5.41. The Hall–Kier alpha value is -3.40. The summed E-state index contributed by atoms with van der Waals surface area (Å²) in [5, 5.41) is 0. The summed E-state index contributed by atoms with van der Waals surface area (Å²) in [6.07, 6.45) is 13.2. The van der Waals surface area contributed by atoms with Crippen LogP contribution in [0.2, 0.25) is 0 Å². The summed E-state index contributed by atoms with van der Waals surface area (Å²) in [6, 6.07) is 32.5. The number of hydrogen-bond donors (Lipinski definition) is 0. The molecule has 0 amide bonds. The second-order valence-corrected chi connectivity index (χ2v) is 12.2. The molecule has 4 heteroatoms. The highest BCUT2D eigenvalue weighted by molar-refractivity contribution is 6.05. The fourth-order valence-electron chi connectivity index (χ4n) is 7.49. The van der Waals surface area contributed by atoms with Gasteiger partial charge in [0, 0.05) is 36.3 Å². The van der Waals surface area contributed by atoms with Crippen molar-refractivity contribution in [3.05, 3.63) is 107 Å². The summed E-state index contributed by atoms with van der Waals surface area (Å²) < 4.78 is 0. The highest BCUT2D eigenvalue weighted by Gasteiger charge is 2.35. The summed E-state index contributed by atoms with van der Waals surface area (Å²) in [5.74, 6) is 2.37. The quantitative estimate of drug-likeness (QED) is 0.324. The van der Waals surface area contributed by atoms with Crippen LogP contribution in [0.4, 0.5) is 0 Å². The molecule has 2 heterocycles. The van der Waals surface area contributed by atoms with Crippen molar-refractivity contribution in [2.75, 3.05) is 13.1 Å². The third kappa shape index (κ3) is 5.21. The van der Waals surface area contributed by atoms with Crippen LogP contribution in [0.25, 0.3) is 0 Å². The van der Waals surface area contributed by atoms with E-state index in [-0.39, 0.29) is 12.1 Å². The number of amidine groups is 2. The van der Waals surface area contributed by atoms with Crippen molar-refractivity contribution in [3.8, 4) is 0 Å². The Bertz CT molecular complexity index is 1230. The molecule has 0 N–H and O–H groups in total. The van der Waals surface area contributed by atoms with Crippen molar-refractivity contribution in [3.63, 3.8) is 0 Å². The van der Waals surface area contributed by atoms with Gasteiger partial charge in [0.05, 0.1) is 12.1 Å². The molecule has 2 atom stereocenters. The molecular formula is C36H42N4. The SMILES string of the molecule is c1ccc([C@H]2CN(C3CCCCC3)C(c3cccc(C4=N[C@@H](c5ccccc5)CN4C4CCCCC4)c3)=N2)cc1. The molecule has 0 radical (unpaired) electrons. The van der Waals surface area contributed by atoms with Gasteiger partial charge in [-0.15, -0.1) is 0 Å². The summed E-state index contributed by atoms with van der Waals surface area (Å²) in [4.78, 5) is 16.1. The van der Waals surface area contributed by atoms with E-state index in [1.54, 1.807) is 0 Å². The standard InChI is InChI=1S/C36H42N4/c1-5-14-27(15-6-1)33-25-39(31-20-9-3-10-21-31)35(37-33)29-18-13-19-30(24-29)36-38-34(28-16-7-2-8-17-28)26-40(36)32-22-11-4-12-23-32/h1-2,5-8,13-19,24,31-34H,3-4,9-12,20-23,25-26H2/t33-,34-/m1/s1. The molecule has 2 saturated carbocycles. The molecule has 0 saturated heterocycles. The fourth-order valence-corrected chi connectivity index (χ4v) is 7.49. The zero-order chi connectivity index (χ0) is 26.7. The molecule has 3 aromatic rings. The van der Waals surface area contributed by atoms with Gasteiger partial charge < -0.3 is 9.80 Å². The average molecular weight is 531 g/mol. The Morgan fingerprint density at radius 2 is 0.900 bits per heavy atom. The topological polar surface area (TPSA) is 31.2 Å². The lowest BCUT2D eigenvalue weighted by Gasteiger charge is -2.35. The Kier molecular flexibility index (Phi) is 7.42. The monoisotopic (exact) mass is 530 g/mol. The second kappa shape index (κ2) is 11.6. The molecule has 3 aromatic carbocycles. The Morgan fingerprint density at radius 3 is 1.32 bits per heavy atom. The third-order valence-electron chi connectivity index (χ3n) is 9.62. The summed E-state index contributed by atoms with van der Waals surface area (Å²) in [5.41, 5.74) is 5.14. The molecule has 7 rings (SSSR count). The van der Waals surface area contributed by atoms with Crippen LogP contribution >= 0.6 is 0 Å². The second-order valence-electron chi connectivity index (χ2n) is 12.2. The van der Waals surface area contributed by atoms with Crippen LogP contribution in [-0.2, 0) is 0 Å². The maximum Gasteiger partial charge on any atom is 0.131 e. The first kappa shape index (κ1) is 25.6. The van der Waals surface area contributed by atoms with Crippen molar-refractivity contribution < 1.29 is 0 Å². The average Bonchev–Trinajstić information content (AvgIpc) is 3.69. The molecule has 2 aliphatic carbocycles. The summed E-state index contributed by atoms with van der Waals surface area (Å²) in [6.45, 7) is 1.97. The van der Waals surface area contributed by atoms with Gasteiger partial charge in [-0.25, -0.2) is 0 Å². The molecule has 40 heavy (non-hydrogen) atoms. The van der Waals surface area contributed by atoms with E-state index < -0.39 is 0 Å². The molecule has 0 spiro atoms. The smallest absolute Gasteiger partial charge is 0.131 e. The molecule has 0 aromatic heterocycles. The lowest BCUT2D eigenvalue weighted by Crippen LogP contribution is -2.41. The van der Waals surface area contributed by atoms with Gasteiger partial charge in [0.1, 0.15) is 11.7 Å². The van der Waals surface area contributed by atoms with E-state index in [4.69, 9.17) is 9.98 Å². The van der Waals surface area contributed by atoms with Gasteiger partial charge in [0.15, 0.2) is 0 Å². The number of nitrogens with zero attached hydrogens (tertiary/aromatic N) is 4. The highest BCUT2D eigenvalue weighted by Crippen LogP contribution is 2.36. The molecule has 2 aliphatic heterocycles. The molecule has 206 valence electrons. The zero-order valence-electron chi connectivity index (χ0n) is 23.7. The van der Waals surface area contributed by atoms with Crippen molar-refractivity contribution in [2.45, 2.75) is 88.4 Å². The van der Waals surface area contributed by atoms with Crippen molar-refractivity contribution in [2.24, 2.45) is 9.98 Å². The van der Waals surface area contributed by atoms with Gasteiger partial charge in [-0.2, -0.15) is 0 Å². The number of rotatable bonds is 6. The van der Waals surface area contributed by atoms with Crippen LogP contribution in [0.15, 0.2) is 94.9 Å². The molecule has 4 nitrogen and oxygen atoms in total. The maximum atomic E-state index is 5.41. The van der Waals surface area contributed by atoms with E-state index in [1.807, 2.05) is 0 Å². The summed E-state index contributed by atoms with van der Waals surface area (Å²) in [7, 11) is 0. The number of aliphatic imine (C=N–C) groups is 2. The van der Waals surface area contributed by atoms with E-state index in [1.165, 1.54) is 98.1 Å². The third-order valence-corrected chi connectivity index (χ3v) is 9.62. The molecule has 0 unspecified atom stereocenters. The first-order chi connectivity index (χ1) is 19.8. The highest BCUT2D eigenvalue weighted by atomic mass is 15.3. The Morgan fingerprint density at radius 1 is 0.475 bits per heavy atom. The van der Waals surface area contributed by atoms with Crippen LogP contribution in [0, 0.1) is 0 Å². The van der Waals surface area contributed by atoms with E-state index in [9.17, 15) is 0 Å². The van der Waals surface area contributed by atoms with Gasteiger partial charge in [-0.3, -0.25) is 9.98 Å². The van der Waals surface area contributed by atoms with Gasteiger partial charge in [0.25, 0.3) is 0 Å². The predicted octanol–water partition coefficient (Wildman–Crippen LogP) is 7.96. The van der Waals surface area contributed by atoms with E-state index in [0.29, 0.717) is 12.1 Å². The Labute approximate surface area is 239 Å². The van der Waals surface area contributed by atoms with Gasteiger partial charge in [-0.05, 0) is 42.9 Å². The lowest BCUT2D eigenvalue weighted by atomic mass is 9.93. The lowest BCUT2D eigenvalue weighted by molar-refractivity contribution is 0.250. The molecular weight excluding hydrogens is 488 g/mol. The van der Waals surface area contributed by atoms with Crippen LogP contribution in [0.1, 0.15) is 98.5 Å². The number of benzene rings is 3.